The van der Waals surface area contributed by atoms with Gasteiger partial charge >= 0.3 is 0 Å². The Kier molecular flexibility index (Phi) is 4.72. The molecule has 2 rings (SSSR count). The van der Waals surface area contributed by atoms with E-state index < -0.39 is 0 Å². The first-order valence-corrected chi connectivity index (χ1v) is 7.54. The highest BCUT2D eigenvalue weighted by Crippen LogP contribution is 2.26. The second-order valence-corrected chi connectivity index (χ2v) is 5.93. The summed E-state index contributed by atoms with van der Waals surface area (Å²) in [6, 6.07) is 0.237. The maximum atomic E-state index is 12.0. The predicted octanol–water partition coefficient (Wildman–Crippen LogP) is 2.30. The van der Waals surface area contributed by atoms with Crippen LogP contribution >= 0.6 is 11.3 Å². The lowest BCUT2D eigenvalue weighted by Gasteiger charge is -2.28. The zero-order valence-electron chi connectivity index (χ0n) is 10.8. The molecule has 100 valence electrons. The second-order valence-electron chi connectivity index (χ2n) is 4.99. The summed E-state index contributed by atoms with van der Waals surface area (Å²) >= 11 is 1.44. The molecule has 18 heavy (non-hydrogen) atoms. The molecule has 3 N–H and O–H groups in total. The Bertz CT molecular complexity index is 399. The molecule has 1 aliphatic rings. The van der Waals surface area contributed by atoms with Crippen molar-refractivity contribution in [1.82, 2.24) is 10.3 Å². The van der Waals surface area contributed by atoms with E-state index >= 15 is 0 Å². The summed E-state index contributed by atoms with van der Waals surface area (Å²) in [7, 11) is 0. The van der Waals surface area contributed by atoms with Crippen LogP contribution in [-0.4, -0.2) is 16.9 Å². The maximum absolute atomic E-state index is 12.0. The monoisotopic (exact) mass is 267 g/mol. The van der Waals surface area contributed by atoms with Crippen LogP contribution in [0.15, 0.2) is 5.38 Å². The van der Waals surface area contributed by atoms with Gasteiger partial charge in [-0.2, -0.15) is 0 Å². The minimum atomic E-state index is -0.0657. The number of nitrogens with one attached hydrogen (secondary N) is 1. The van der Waals surface area contributed by atoms with Gasteiger partial charge in [0.15, 0.2) is 0 Å². The third-order valence-electron chi connectivity index (χ3n) is 3.67. The van der Waals surface area contributed by atoms with Crippen LogP contribution in [0.3, 0.4) is 0 Å². The number of rotatable bonds is 4. The molecule has 1 heterocycles. The fourth-order valence-electron chi connectivity index (χ4n) is 2.54. The largest absolute Gasteiger partial charge is 0.348 e. The highest BCUT2D eigenvalue weighted by molar-refractivity contribution is 7.09. The molecule has 1 amide bonds. The smallest absolute Gasteiger partial charge is 0.270 e. The molecule has 5 heteroatoms. The van der Waals surface area contributed by atoms with Crippen LogP contribution in [0.1, 0.15) is 54.5 Å². The molecule has 0 saturated heterocycles. The number of nitrogens with zero attached hydrogens (tertiary/aromatic N) is 1. The summed E-state index contributed by atoms with van der Waals surface area (Å²) in [5.41, 5.74) is 6.00. The van der Waals surface area contributed by atoms with Gasteiger partial charge in [0.2, 0.25) is 0 Å². The predicted molar refractivity (Wildman–Crippen MR) is 73.5 cm³/mol. The minimum absolute atomic E-state index is 0.0657. The van der Waals surface area contributed by atoms with Crippen LogP contribution < -0.4 is 11.1 Å². The van der Waals surface area contributed by atoms with Gasteiger partial charge in [0.1, 0.15) is 10.7 Å². The van der Waals surface area contributed by atoms with Crippen LogP contribution in [0.5, 0.6) is 0 Å². The normalized spacial score (nSPS) is 18.6. The topological polar surface area (TPSA) is 68.0 Å². The van der Waals surface area contributed by atoms with E-state index in [0.29, 0.717) is 18.2 Å². The van der Waals surface area contributed by atoms with Gasteiger partial charge in [-0.15, -0.1) is 11.3 Å². The lowest BCUT2D eigenvalue weighted by atomic mass is 9.84. The molecule has 1 aromatic rings. The van der Waals surface area contributed by atoms with E-state index in [1.54, 1.807) is 5.38 Å². The van der Waals surface area contributed by atoms with E-state index in [4.69, 9.17) is 5.73 Å². The van der Waals surface area contributed by atoms with Gasteiger partial charge in [-0.05, 0) is 25.7 Å². The summed E-state index contributed by atoms with van der Waals surface area (Å²) in [6.07, 6.45) is 6.38. The van der Waals surface area contributed by atoms with Crippen molar-refractivity contribution in [2.75, 3.05) is 0 Å². The number of aromatic nitrogens is 1. The number of thiazole rings is 1. The van der Waals surface area contributed by atoms with Gasteiger partial charge in [-0.3, -0.25) is 4.79 Å². The van der Waals surface area contributed by atoms with Crippen molar-refractivity contribution in [2.45, 2.75) is 51.6 Å². The third-order valence-corrected chi connectivity index (χ3v) is 4.55. The Balaban J connectivity index is 1.89. The molecule has 0 aliphatic heterocycles. The van der Waals surface area contributed by atoms with Gasteiger partial charge in [-0.25, -0.2) is 4.98 Å². The number of hydrogen-bond donors (Lipinski definition) is 2. The first-order chi connectivity index (χ1) is 8.70. The number of amides is 1. The zero-order valence-corrected chi connectivity index (χ0v) is 11.6. The fourth-order valence-corrected chi connectivity index (χ4v) is 3.20. The molecule has 4 nitrogen and oxygen atoms in total. The third kappa shape index (κ3) is 3.29. The highest BCUT2D eigenvalue weighted by Gasteiger charge is 2.22. The Morgan fingerprint density at radius 2 is 2.28 bits per heavy atom. The van der Waals surface area contributed by atoms with Crippen molar-refractivity contribution in [3.05, 3.63) is 16.1 Å². The number of nitrogens with two attached hydrogens (primary N) is 1. The summed E-state index contributed by atoms with van der Waals surface area (Å²) in [5.74, 6) is 0.555. The first-order valence-electron chi connectivity index (χ1n) is 6.66. The van der Waals surface area contributed by atoms with Crippen molar-refractivity contribution < 1.29 is 4.79 Å². The lowest BCUT2D eigenvalue weighted by Crippen LogP contribution is -2.39. The average Bonchev–Trinajstić information content (AvgIpc) is 2.88. The van der Waals surface area contributed by atoms with Gasteiger partial charge in [0.05, 0.1) is 0 Å². The van der Waals surface area contributed by atoms with Crippen molar-refractivity contribution in [1.29, 1.82) is 0 Å². The number of carbonyl (C=O) groups excluding carboxylic acids is 1. The Morgan fingerprint density at radius 3 is 2.89 bits per heavy atom. The van der Waals surface area contributed by atoms with Crippen LogP contribution in [0, 0.1) is 5.92 Å². The standard InChI is InChI=1S/C13H21N3OS/c1-9(10-5-3-2-4-6-10)15-13(17)11-8-18-12(7-14)16-11/h8-10H,2-7,14H2,1H3,(H,15,17). The summed E-state index contributed by atoms with van der Waals surface area (Å²) in [4.78, 5) is 16.2. The Hall–Kier alpha value is -0.940. The summed E-state index contributed by atoms with van der Waals surface area (Å²) in [5, 5.41) is 5.66. The molecule has 1 aliphatic carbocycles. The molecule has 1 fully saturated rings. The Morgan fingerprint density at radius 1 is 1.56 bits per heavy atom. The van der Waals surface area contributed by atoms with E-state index in [2.05, 4.69) is 17.2 Å². The molecular formula is C13H21N3OS. The lowest BCUT2D eigenvalue weighted by molar-refractivity contribution is 0.0914. The van der Waals surface area contributed by atoms with Gasteiger partial charge in [0.25, 0.3) is 5.91 Å². The molecule has 1 unspecified atom stereocenters. The number of carbonyl (C=O) groups is 1. The van der Waals surface area contributed by atoms with E-state index in [1.165, 1.54) is 43.4 Å². The van der Waals surface area contributed by atoms with E-state index in [-0.39, 0.29) is 11.9 Å². The van der Waals surface area contributed by atoms with Crippen LogP contribution in [0.4, 0.5) is 0 Å². The maximum Gasteiger partial charge on any atom is 0.270 e. The molecule has 1 atom stereocenters. The van der Waals surface area contributed by atoms with Crippen molar-refractivity contribution in [2.24, 2.45) is 11.7 Å². The molecule has 1 aromatic heterocycles. The van der Waals surface area contributed by atoms with Gasteiger partial charge in [0, 0.05) is 18.0 Å². The van der Waals surface area contributed by atoms with Gasteiger partial charge in [-0.1, -0.05) is 19.3 Å². The van der Waals surface area contributed by atoms with Gasteiger partial charge < -0.3 is 11.1 Å². The molecule has 0 radical (unpaired) electrons. The van der Waals surface area contributed by atoms with E-state index in [1.807, 2.05) is 0 Å². The fraction of sp³-hybridized carbons (Fsp3) is 0.692. The van der Waals surface area contributed by atoms with Crippen LogP contribution in [-0.2, 0) is 6.54 Å². The molecule has 0 bridgehead atoms. The summed E-state index contributed by atoms with van der Waals surface area (Å²) in [6.45, 7) is 2.50. The summed E-state index contributed by atoms with van der Waals surface area (Å²) < 4.78 is 0. The van der Waals surface area contributed by atoms with Crippen molar-refractivity contribution in [3.63, 3.8) is 0 Å². The van der Waals surface area contributed by atoms with Crippen molar-refractivity contribution in [3.8, 4) is 0 Å². The van der Waals surface area contributed by atoms with E-state index in [0.717, 1.165) is 5.01 Å². The highest BCUT2D eigenvalue weighted by atomic mass is 32.1. The van der Waals surface area contributed by atoms with Crippen LogP contribution in [0.2, 0.25) is 0 Å². The minimum Gasteiger partial charge on any atom is -0.348 e. The first kappa shape index (κ1) is 13.5. The molecule has 1 saturated carbocycles. The van der Waals surface area contributed by atoms with Crippen molar-refractivity contribution >= 4 is 17.2 Å². The quantitative estimate of drug-likeness (QED) is 0.879. The molecule has 0 aromatic carbocycles. The number of hydrogen-bond acceptors (Lipinski definition) is 4. The molecule has 0 spiro atoms. The van der Waals surface area contributed by atoms with E-state index in [9.17, 15) is 4.79 Å². The Labute approximate surface area is 112 Å². The molecular weight excluding hydrogens is 246 g/mol. The zero-order chi connectivity index (χ0) is 13.0. The van der Waals surface area contributed by atoms with Crippen LogP contribution in [0.25, 0.3) is 0 Å². The second kappa shape index (κ2) is 6.29. The SMILES string of the molecule is CC(NC(=O)c1csc(CN)n1)C1CCCCC1. The average molecular weight is 267 g/mol.